The molecule has 0 radical (unpaired) electrons. The van der Waals surface area contributed by atoms with E-state index in [0.717, 1.165) is 0 Å². The lowest BCUT2D eigenvalue weighted by atomic mass is 10.3. The molecule has 0 bridgehead atoms. The van der Waals surface area contributed by atoms with E-state index in [0.29, 0.717) is 0 Å². The standard InChI is InChI=1S/C6H8N2O3/c9-2-1-4-6(11)7-3-5(10)8-4/h1,9H,2-3H2,(H,7,11)(H,8,10)/b4-1+. The quantitative estimate of drug-likeness (QED) is 0.388. The summed E-state index contributed by atoms with van der Waals surface area (Å²) >= 11 is 0. The number of rotatable bonds is 1. The van der Waals surface area contributed by atoms with Gasteiger partial charge >= 0.3 is 0 Å². The van der Waals surface area contributed by atoms with Crippen molar-refractivity contribution in [2.24, 2.45) is 0 Å². The van der Waals surface area contributed by atoms with Crippen LogP contribution in [0.4, 0.5) is 0 Å². The van der Waals surface area contributed by atoms with Gasteiger partial charge in [-0.05, 0) is 6.08 Å². The van der Waals surface area contributed by atoms with E-state index in [2.05, 4.69) is 10.6 Å². The third-order valence-corrected chi connectivity index (χ3v) is 1.22. The molecule has 1 aliphatic heterocycles. The van der Waals surface area contributed by atoms with Crippen LogP contribution in [0.15, 0.2) is 11.8 Å². The van der Waals surface area contributed by atoms with Crippen LogP contribution in [0, 0.1) is 0 Å². The van der Waals surface area contributed by atoms with Crippen molar-refractivity contribution in [2.45, 2.75) is 0 Å². The van der Waals surface area contributed by atoms with Crippen LogP contribution >= 0.6 is 0 Å². The van der Waals surface area contributed by atoms with E-state index in [-0.39, 0.29) is 30.7 Å². The van der Waals surface area contributed by atoms with Gasteiger partial charge < -0.3 is 15.7 Å². The van der Waals surface area contributed by atoms with Crippen LogP contribution in [0.1, 0.15) is 0 Å². The molecule has 0 saturated carbocycles. The lowest BCUT2D eigenvalue weighted by Gasteiger charge is -2.15. The molecule has 5 heteroatoms. The molecule has 0 atom stereocenters. The minimum atomic E-state index is -0.362. The van der Waals surface area contributed by atoms with E-state index in [1.54, 1.807) is 0 Å². The Hall–Kier alpha value is -1.36. The van der Waals surface area contributed by atoms with Crippen LogP contribution in [0.2, 0.25) is 0 Å². The first-order valence-corrected chi connectivity index (χ1v) is 3.13. The second-order valence-corrected chi connectivity index (χ2v) is 2.03. The van der Waals surface area contributed by atoms with Gasteiger partial charge in [-0.25, -0.2) is 0 Å². The monoisotopic (exact) mass is 156 g/mol. The maximum atomic E-state index is 10.8. The molecule has 1 aliphatic rings. The fraction of sp³-hybridized carbons (Fsp3) is 0.333. The van der Waals surface area contributed by atoms with Gasteiger partial charge in [-0.15, -0.1) is 0 Å². The molecule has 0 aliphatic carbocycles. The maximum Gasteiger partial charge on any atom is 0.267 e. The molecule has 11 heavy (non-hydrogen) atoms. The third kappa shape index (κ3) is 1.78. The van der Waals surface area contributed by atoms with Gasteiger partial charge in [0.2, 0.25) is 5.91 Å². The predicted octanol–water partition coefficient (Wildman–Crippen LogP) is -1.89. The number of piperazine rings is 1. The Kier molecular flexibility index (Phi) is 2.22. The van der Waals surface area contributed by atoms with E-state index >= 15 is 0 Å². The average molecular weight is 156 g/mol. The Bertz CT molecular complexity index is 222. The SMILES string of the molecule is O=C1CNC(=O)/C(=C\CO)N1. The molecule has 0 unspecified atom stereocenters. The van der Waals surface area contributed by atoms with Gasteiger partial charge in [0.1, 0.15) is 5.70 Å². The summed E-state index contributed by atoms with van der Waals surface area (Å²) in [6.07, 6.45) is 1.24. The van der Waals surface area contributed by atoms with Crippen LogP contribution in [0.25, 0.3) is 0 Å². The summed E-state index contributed by atoms with van der Waals surface area (Å²) in [5.41, 5.74) is 0.115. The first kappa shape index (κ1) is 7.74. The Morgan fingerprint density at radius 1 is 1.55 bits per heavy atom. The summed E-state index contributed by atoms with van der Waals surface area (Å²) in [7, 11) is 0. The topological polar surface area (TPSA) is 78.4 Å². The lowest BCUT2D eigenvalue weighted by Crippen LogP contribution is -2.47. The van der Waals surface area contributed by atoms with Gasteiger partial charge in [0.05, 0.1) is 13.2 Å². The molecule has 1 fully saturated rings. The molecule has 5 nitrogen and oxygen atoms in total. The number of hydrogen-bond acceptors (Lipinski definition) is 3. The van der Waals surface area contributed by atoms with Crippen molar-refractivity contribution in [1.29, 1.82) is 0 Å². The van der Waals surface area contributed by atoms with Crippen molar-refractivity contribution in [3.05, 3.63) is 11.8 Å². The van der Waals surface area contributed by atoms with Crippen molar-refractivity contribution in [3.63, 3.8) is 0 Å². The Balaban J connectivity index is 2.69. The summed E-state index contributed by atoms with van der Waals surface area (Å²) in [5.74, 6) is -0.636. The van der Waals surface area contributed by atoms with E-state index < -0.39 is 0 Å². The second kappa shape index (κ2) is 3.16. The zero-order chi connectivity index (χ0) is 8.27. The number of amides is 2. The van der Waals surface area contributed by atoms with Crippen molar-refractivity contribution in [1.82, 2.24) is 10.6 Å². The zero-order valence-electron chi connectivity index (χ0n) is 5.76. The second-order valence-electron chi connectivity index (χ2n) is 2.03. The van der Waals surface area contributed by atoms with Crippen LogP contribution in [0.3, 0.4) is 0 Å². The van der Waals surface area contributed by atoms with Gasteiger partial charge in [-0.3, -0.25) is 9.59 Å². The number of carbonyl (C=O) groups is 2. The minimum absolute atomic E-state index is 0.00159. The summed E-state index contributed by atoms with van der Waals surface area (Å²) in [4.78, 5) is 21.5. The fourth-order valence-corrected chi connectivity index (χ4v) is 0.742. The lowest BCUT2D eigenvalue weighted by molar-refractivity contribution is -0.128. The Morgan fingerprint density at radius 2 is 2.27 bits per heavy atom. The van der Waals surface area contributed by atoms with Gasteiger partial charge in [-0.1, -0.05) is 0 Å². The highest BCUT2D eigenvalue weighted by Crippen LogP contribution is 1.93. The summed E-state index contributed by atoms with van der Waals surface area (Å²) in [6, 6.07) is 0. The van der Waals surface area contributed by atoms with Gasteiger partial charge in [0, 0.05) is 0 Å². The predicted molar refractivity (Wildman–Crippen MR) is 36.3 cm³/mol. The van der Waals surface area contributed by atoms with E-state index in [9.17, 15) is 9.59 Å². The Labute approximate surface area is 63.1 Å². The molecular formula is C6H8N2O3. The van der Waals surface area contributed by atoms with E-state index in [1.165, 1.54) is 6.08 Å². The first-order valence-electron chi connectivity index (χ1n) is 3.13. The largest absolute Gasteiger partial charge is 0.392 e. The molecule has 1 saturated heterocycles. The highest BCUT2D eigenvalue weighted by Gasteiger charge is 2.18. The number of carbonyl (C=O) groups excluding carboxylic acids is 2. The smallest absolute Gasteiger partial charge is 0.267 e. The van der Waals surface area contributed by atoms with Gasteiger partial charge in [-0.2, -0.15) is 0 Å². The molecule has 3 N–H and O–H groups in total. The van der Waals surface area contributed by atoms with Crippen LogP contribution in [-0.4, -0.2) is 30.1 Å². The van der Waals surface area contributed by atoms with Crippen molar-refractivity contribution >= 4 is 11.8 Å². The Morgan fingerprint density at radius 3 is 2.91 bits per heavy atom. The molecule has 0 aromatic carbocycles. The van der Waals surface area contributed by atoms with Gasteiger partial charge in [0.15, 0.2) is 0 Å². The molecule has 60 valence electrons. The summed E-state index contributed by atoms with van der Waals surface area (Å²) in [6.45, 7) is -0.259. The first-order chi connectivity index (χ1) is 5.24. The molecule has 0 spiro atoms. The average Bonchev–Trinajstić information content (AvgIpc) is 1.98. The number of aliphatic hydroxyl groups excluding tert-OH is 1. The summed E-state index contributed by atoms with van der Waals surface area (Å²) in [5, 5.41) is 13.1. The number of hydrogen-bond donors (Lipinski definition) is 3. The molecule has 2 amide bonds. The van der Waals surface area contributed by atoms with Gasteiger partial charge in [0.25, 0.3) is 5.91 Å². The van der Waals surface area contributed by atoms with Crippen LogP contribution in [0.5, 0.6) is 0 Å². The van der Waals surface area contributed by atoms with Crippen molar-refractivity contribution in [3.8, 4) is 0 Å². The third-order valence-electron chi connectivity index (χ3n) is 1.22. The normalized spacial score (nSPS) is 21.4. The highest BCUT2D eigenvalue weighted by atomic mass is 16.2. The molecule has 1 heterocycles. The van der Waals surface area contributed by atoms with Crippen molar-refractivity contribution in [2.75, 3.05) is 13.2 Å². The van der Waals surface area contributed by atoms with E-state index in [4.69, 9.17) is 5.11 Å². The summed E-state index contributed by atoms with van der Waals surface area (Å²) < 4.78 is 0. The zero-order valence-corrected chi connectivity index (χ0v) is 5.76. The van der Waals surface area contributed by atoms with E-state index in [1.807, 2.05) is 0 Å². The molecule has 0 aromatic heterocycles. The highest BCUT2D eigenvalue weighted by molar-refractivity contribution is 6.02. The molecule has 1 rings (SSSR count). The maximum absolute atomic E-state index is 10.8. The number of nitrogens with one attached hydrogen (secondary N) is 2. The van der Waals surface area contributed by atoms with Crippen LogP contribution in [-0.2, 0) is 9.59 Å². The molecular weight excluding hydrogens is 148 g/mol. The van der Waals surface area contributed by atoms with Crippen molar-refractivity contribution < 1.29 is 14.7 Å². The minimum Gasteiger partial charge on any atom is -0.392 e. The molecule has 0 aromatic rings. The van der Waals surface area contributed by atoms with Crippen LogP contribution < -0.4 is 10.6 Å². The fourth-order valence-electron chi connectivity index (χ4n) is 0.742. The number of aliphatic hydroxyl groups is 1.